The van der Waals surface area contributed by atoms with E-state index in [-0.39, 0.29) is 6.61 Å². The van der Waals surface area contributed by atoms with E-state index in [1.54, 1.807) is 30.3 Å². The lowest BCUT2D eigenvalue weighted by Gasteiger charge is -2.09. The van der Waals surface area contributed by atoms with Gasteiger partial charge < -0.3 is 14.2 Å². The maximum Gasteiger partial charge on any atom is 0.349 e. The lowest BCUT2D eigenvalue weighted by atomic mass is 10.2. The number of halogens is 1. The molecule has 0 saturated heterocycles. The molecule has 0 aliphatic carbocycles. The fourth-order valence-corrected chi connectivity index (χ4v) is 2.60. The van der Waals surface area contributed by atoms with Gasteiger partial charge in [-0.05, 0) is 60.5 Å². The molecule has 4 nitrogen and oxygen atoms in total. The fraction of sp³-hybridized carbons (Fsp3) is 0.136. The van der Waals surface area contributed by atoms with Gasteiger partial charge >= 0.3 is 5.97 Å². The average molecular weight is 427 g/mol. The van der Waals surface area contributed by atoms with Crippen molar-refractivity contribution in [3.8, 4) is 17.2 Å². The van der Waals surface area contributed by atoms with Crippen molar-refractivity contribution in [3.05, 3.63) is 88.4 Å². The molecule has 0 amide bonds. The topological polar surface area (TPSA) is 44.8 Å². The van der Waals surface area contributed by atoms with Gasteiger partial charge in [-0.25, -0.2) is 4.79 Å². The van der Waals surface area contributed by atoms with Crippen molar-refractivity contribution in [1.29, 1.82) is 0 Å². The van der Waals surface area contributed by atoms with Crippen molar-refractivity contribution in [2.24, 2.45) is 0 Å². The van der Waals surface area contributed by atoms with Crippen LogP contribution in [-0.2, 0) is 11.4 Å². The summed E-state index contributed by atoms with van der Waals surface area (Å²) in [7, 11) is 0. The highest BCUT2D eigenvalue weighted by Gasteiger charge is 2.07. The summed E-state index contributed by atoms with van der Waals surface area (Å²) in [6.07, 6.45) is 0. The molecule has 27 heavy (non-hydrogen) atoms. The first kappa shape index (κ1) is 19.0. The number of benzene rings is 3. The highest BCUT2D eigenvalue weighted by molar-refractivity contribution is 9.10. The third-order valence-corrected chi connectivity index (χ3v) is 4.68. The van der Waals surface area contributed by atoms with E-state index in [1.807, 2.05) is 49.4 Å². The molecule has 3 aromatic rings. The molecule has 0 fully saturated rings. The number of esters is 1. The zero-order valence-corrected chi connectivity index (χ0v) is 16.4. The fourth-order valence-electron chi connectivity index (χ4n) is 2.35. The summed E-state index contributed by atoms with van der Waals surface area (Å²) in [5.74, 6) is 1.31. The third-order valence-electron chi connectivity index (χ3n) is 3.79. The molecule has 5 heteroatoms. The van der Waals surface area contributed by atoms with E-state index in [0.717, 1.165) is 15.6 Å². The summed E-state index contributed by atoms with van der Waals surface area (Å²) in [5.41, 5.74) is 2.13. The quantitative estimate of drug-likeness (QED) is 0.378. The van der Waals surface area contributed by atoms with Gasteiger partial charge in [0.2, 0.25) is 0 Å². The molecule has 0 bridgehead atoms. The molecule has 0 aliphatic rings. The minimum absolute atomic E-state index is 0.159. The Morgan fingerprint density at radius 2 is 1.52 bits per heavy atom. The average Bonchev–Trinajstić information content (AvgIpc) is 2.69. The van der Waals surface area contributed by atoms with Crippen molar-refractivity contribution >= 4 is 21.9 Å². The van der Waals surface area contributed by atoms with Crippen molar-refractivity contribution in [3.63, 3.8) is 0 Å². The summed E-state index contributed by atoms with van der Waals surface area (Å²) in [6, 6.07) is 22.4. The van der Waals surface area contributed by atoms with Gasteiger partial charge in [-0.15, -0.1) is 0 Å². The minimum atomic E-state index is -0.464. The van der Waals surface area contributed by atoms with Crippen LogP contribution in [0.2, 0.25) is 0 Å². The van der Waals surface area contributed by atoms with Crippen LogP contribution in [0.15, 0.2) is 77.3 Å². The van der Waals surface area contributed by atoms with Gasteiger partial charge in [0.15, 0.2) is 6.61 Å². The van der Waals surface area contributed by atoms with Crippen molar-refractivity contribution in [1.82, 2.24) is 0 Å². The summed E-state index contributed by atoms with van der Waals surface area (Å²) in [5, 5.41) is 0. The molecule has 0 saturated carbocycles. The Morgan fingerprint density at radius 1 is 0.852 bits per heavy atom. The SMILES string of the molecule is Cc1cc(OCC(=O)Oc2ccc(OCc3ccccc3)cc2)ccc1Br. The lowest BCUT2D eigenvalue weighted by Crippen LogP contribution is -2.17. The van der Waals surface area contributed by atoms with E-state index >= 15 is 0 Å². The maximum absolute atomic E-state index is 11.9. The van der Waals surface area contributed by atoms with Gasteiger partial charge in [0, 0.05) is 4.47 Å². The first-order valence-corrected chi connectivity index (χ1v) is 9.26. The number of rotatable bonds is 7. The summed E-state index contributed by atoms with van der Waals surface area (Å²) in [6.45, 7) is 2.28. The predicted molar refractivity (Wildman–Crippen MR) is 107 cm³/mol. The molecular formula is C22H19BrO4. The molecule has 0 aliphatic heterocycles. The van der Waals surface area contributed by atoms with E-state index in [0.29, 0.717) is 23.9 Å². The van der Waals surface area contributed by atoms with Crippen LogP contribution in [0.5, 0.6) is 17.2 Å². The van der Waals surface area contributed by atoms with Crippen molar-refractivity contribution in [2.75, 3.05) is 6.61 Å². The van der Waals surface area contributed by atoms with Crippen LogP contribution in [0.3, 0.4) is 0 Å². The zero-order chi connectivity index (χ0) is 19.1. The molecule has 0 aromatic heterocycles. The van der Waals surface area contributed by atoms with Gasteiger partial charge in [-0.1, -0.05) is 46.3 Å². The van der Waals surface area contributed by atoms with Crippen molar-refractivity contribution in [2.45, 2.75) is 13.5 Å². The van der Waals surface area contributed by atoms with Crippen LogP contribution in [-0.4, -0.2) is 12.6 Å². The highest BCUT2D eigenvalue weighted by Crippen LogP contribution is 2.22. The van der Waals surface area contributed by atoms with Crippen LogP contribution < -0.4 is 14.2 Å². The Balaban J connectivity index is 1.47. The molecule has 3 aromatic carbocycles. The smallest absolute Gasteiger partial charge is 0.349 e. The molecule has 0 radical (unpaired) electrons. The van der Waals surface area contributed by atoms with Crippen LogP contribution in [0.25, 0.3) is 0 Å². The normalized spacial score (nSPS) is 10.3. The second-order valence-electron chi connectivity index (χ2n) is 5.92. The summed E-state index contributed by atoms with van der Waals surface area (Å²) < 4.78 is 17.4. The third kappa shape index (κ3) is 5.86. The number of ether oxygens (including phenoxy) is 3. The molecule has 0 atom stereocenters. The van der Waals surface area contributed by atoms with E-state index in [9.17, 15) is 4.79 Å². The van der Waals surface area contributed by atoms with Crippen LogP contribution >= 0.6 is 15.9 Å². The largest absolute Gasteiger partial charge is 0.489 e. The number of hydrogen-bond donors (Lipinski definition) is 0. The van der Waals surface area contributed by atoms with Crippen LogP contribution in [0.4, 0.5) is 0 Å². The Labute approximate surface area is 166 Å². The monoisotopic (exact) mass is 426 g/mol. The van der Waals surface area contributed by atoms with Gasteiger partial charge in [0.25, 0.3) is 0 Å². The van der Waals surface area contributed by atoms with Gasteiger partial charge in [-0.2, -0.15) is 0 Å². The Morgan fingerprint density at radius 3 is 2.22 bits per heavy atom. The molecule has 0 unspecified atom stereocenters. The highest BCUT2D eigenvalue weighted by atomic mass is 79.9. The van der Waals surface area contributed by atoms with E-state index in [4.69, 9.17) is 14.2 Å². The lowest BCUT2D eigenvalue weighted by molar-refractivity contribution is -0.136. The van der Waals surface area contributed by atoms with E-state index in [1.165, 1.54) is 0 Å². The first-order chi connectivity index (χ1) is 13.1. The zero-order valence-electron chi connectivity index (χ0n) is 14.9. The predicted octanol–water partition coefficient (Wildman–Crippen LogP) is 5.32. The Hall–Kier alpha value is -2.79. The van der Waals surface area contributed by atoms with E-state index < -0.39 is 5.97 Å². The number of carbonyl (C=O) groups is 1. The standard InChI is InChI=1S/C22H19BrO4/c1-16-13-20(11-12-21(16)23)26-15-22(24)27-19-9-7-18(8-10-19)25-14-17-5-3-2-4-6-17/h2-13H,14-15H2,1H3. The molecular weight excluding hydrogens is 408 g/mol. The Kier molecular flexibility index (Phi) is 6.49. The van der Waals surface area contributed by atoms with Crippen molar-refractivity contribution < 1.29 is 19.0 Å². The Bertz CT molecular complexity index is 892. The molecule has 0 spiro atoms. The summed E-state index contributed by atoms with van der Waals surface area (Å²) in [4.78, 5) is 11.9. The van der Waals surface area contributed by atoms with Gasteiger partial charge in [0.1, 0.15) is 23.9 Å². The van der Waals surface area contributed by atoms with Gasteiger partial charge in [0.05, 0.1) is 0 Å². The first-order valence-electron chi connectivity index (χ1n) is 8.46. The van der Waals surface area contributed by atoms with Crippen LogP contribution in [0.1, 0.15) is 11.1 Å². The minimum Gasteiger partial charge on any atom is -0.489 e. The molecule has 3 rings (SSSR count). The maximum atomic E-state index is 11.9. The second kappa shape index (κ2) is 9.24. The molecule has 138 valence electrons. The van der Waals surface area contributed by atoms with Crippen LogP contribution in [0, 0.1) is 6.92 Å². The van der Waals surface area contributed by atoms with Gasteiger partial charge in [-0.3, -0.25) is 0 Å². The second-order valence-corrected chi connectivity index (χ2v) is 6.77. The number of hydrogen-bond acceptors (Lipinski definition) is 4. The molecule has 0 N–H and O–H groups in total. The molecule has 0 heterocycles. The number of carbonyl (C=O) groups excluding carboxylic acids is 1. The summed E-state index contributed by atoms with van der Waals surface area (Å²) >= 11 is 3.43. The van der Waals surface area contributed by atoms with E-state index in [2.05, 4.69) is 15.9 Å². The number of aryl methyl sites for hydroxylation is 1.